The Kier molecular flexibility index (Phi) is 5.62. The topological polar surface area (TPSA) is 49.9 Å². The van der Waals surface area contributed by atoms with Gasteiger partial charge in [-0.3, -0.25) is 9.69 Å². The van der Waals surface area contributed by atoms with Crippen molar-refractivity contribution in [3.8, 4) is 12.3 Å². The Morgan fingerprint density at radius 3 is 2.81 bits per heavy atom. The highest BCUT2D eigenvalue weighted by atomic mass is 16.6. The molecular formula is C21H24N2O3. The lowest BCUT2D eigenvalue weighted by Gasteiger charge is -2.40. The summed E-state index contributed by atoms with van der Waals surface area (Å²) in [4.78, 5) is 29.1. The molecule has 26 heavy (non-hydrogen) atoms. The molecule has 0 N–H and O–H groups in total. The third kappa shape index (κ3) is 3.60. The zero-order valence-corrected chi connectivity index (χ0v) is 14.8. The summed E-state index contributed by atoms with van der Waals surface area (Å²) in [5.41, 5.74) is 0.918. The van der Waals surface area contributed by atoms with Crippen LogP contribution in [-0.2, 0) is 16.1 Å². The van der Waals surface area contributed by atoms with Crippen LogP contribution in [-0.4, -0.2) is 47.0 Å². The van der Waals surface area contributed by atoms with E-state index in [0.29, 0.717) is 13.0 Å². The van der Waals surface area contributed by atoms with Crippen molar-refractivity contribution in [2.45, 2.75) is 38.0 Å². The lowest BCUT2D eigenvalue weighted by atomic mass is 9.88. The number of hydrogen-bond donors (Lipinski definition) is 0. The Morgan fingerprint density at radius 1 is 1.35 bits per heavy atom. The minimum Gasteiger partial charge on any atom is -0.445 e. The number of ether oxygens (including phenoxy) is 1. The molecule has 0 spiro atoms. The number of rotatable bonds is 4. The standard InChI is InChI=1S/C21H24N2O3/c1-3-13-22-14-17(4-2)18-11-8-12-19(20(22)24)23(18)21(25)26-15-16-9-6-5-7-10-16/h1,4-7,9-10,17-19H,2,8,11-15H2/t17-,18?,19?/m0/s1. The van der Waals surface area contributed by atoms with Crippen molar-refractivity contribution in [1.29, 1.82) is 0 Å². The lowest BCUT2D eigenvalue weighted by molar-refractivity contribution is -0.135. The van der Waals surface area contributed by atoms with Gasteiger partial charge in [-0.2, -0.15) is 0 Å². The third-order valence-electron chi connectivity index (χ3n) is 5.19. The van der Waals surface area contributed by atoms with Crippen molar-refractivity contribution in [2.24, 2.45) is 5.92 Å². The number of benzene rings is 1. The second-order valence-electron chi connectivity index (χ2n) is 6.78. The van der Waals surface area contributed by atoms with E-state index in [1.807, 2.05) is 36.4 Å². The molecule has 2 saturated heterocycles. The average Bonchev–Trinajstić information content (AvgIpc) is 2.74. The van der Waals surface area contributed by atoms with E-state index < -0.39 is 12.1 Å². The Balaban J connectivity index is 1.81. The minimum absolute atomic E-state index is 0.0122. The molecule has 0 radical (unpaired) electrons. The molecule has 136 valence electrons. The smallest absolute Gasteiger partial charge is 0.411 e. The molecule has 3 rings (SSSR count). The zero-order chi connectivity index (χ0) is 18.5. The first kappa shape index (κ1) is 18.1. The van der Waals surface area contributed by atoms with Crippen LogP contribution in [0.15, 0.2) is 43.0 Å². The fraction of sp³-hybridized carbons (Fsp3) is 0.429. The fourth-order valence-corrected chi connectivity index (χ4v) is 3.91. The van der Waals surface area contributed by atoms with Crippen molar-refractivity contribution in [3.05, 3.63) is 48.6 Å². The quantitative estimate of drug-likeness (QED) is 0.618. The third-order valence-corrected chi connectivity index (χ3v) is 5.19. The molecule has 2 bridgehead atoms. The first-order valence-corrected chi connectivity index (χ1v) is 8.99. The molecule has 5 nitrogen and oxygen atoms in total. The molecule has 5 heteroatoms. The van der Waals surface area contributed by atoms with E-state index in [2.05, 4.69) is 12.5 Å². The summed E-state index contributed by atoms with van der Waals surface area (Å²) < 4.78 is 5.54. The number of carbonyl (C=O) groups excluding carboxylic acids is 2. The van der Waals surface area contributed by atoms with Gasteiger partial charge in [0.15, 0.2) is 0 Å². The van der Waals surface area contributed by atoms with E-state index in [0.717, 1.165) is 18.4 Å². The fourth-order valence-electron chi connectivity index (χ4n) is 3.91. The molecule has 2 fully saturated rings. The number of nitrogens with zero attached hydrogens (tertiary/aromatic N) is 2. The second kappa shape index (κ2) is 8.09. The molecule has 0 saturated carbocycles. The molecule has 2 amide bonds. The van der Waals surface area contributed by atoms with Gasteiger partial charge in [0.05, 0.1) is 6.54 Å². The summed E-state index contributed by atoms with van der Waals surface area (Å²) in [5.74, 6) is 2.45. The van der Waals surface area contributed by atoms with Gasteiger partial charge >= 0.3 is 6.09 Å². The number of terminal acetylenes is 1. The molecule has 0 aliphatic carbocycles. The van der Waals surface area contributed by atoms with Crippen LogP contribution >= 0.6 is 0 Å². The van der Waals surface area contributed by atoms with E-state index >= 15 is 0 Å². The molecule has 1 aromatic carbocycles. The van der Waals surface area contributed by atoms with Crippen LogP contribution < -0.4 is 0 Å². The van der Waals surface area contributed by atoms with Gasteiger partial charge < -0.3 is 9.64 Å². The molecule has 2 aliphatic heterocycles. The van der Waals surface area contributed by atoms with Gasteiger partial charge in [-0.15, -0.1) is 13.0 Å². The van der Waals surface area contributed by atoms with Crippen LogP contribution in [0.3, 0.4) is 0 Å². The van der Waals surface area contributed by atoms with Crippen LogP contribution in [0.1, 0.15) is 24.8 Å². The van der Waals surface area contributed by atoms with E-state index in [-0.39, 0.29) is 31.0 Å². The number of hydrogen-bond acceptors (Lipinski definition) is 3. The second-order valence-corrected chi connectivity index (χ2v) is 6.78. The van der Waals surface area contributed by atoms with Gasteiger partial charge in [0.2, 0.25) is 5.91 Å². The predicted molar refractivity (Wildman–Crippen MR) is 99.0 cm³/mol. The van der Waals surface area contributed by atoms with Crippen molar-refractivity contribution < 1.29 is 14.3 Å². The maximum Gasteiger partial charge on any atom is 0.411 e. The number of carbonyl (C=O) groups is 2. The van der Waals surface area contributed by atoms with Gasteiger partial charge in [0, 0.05) is 18.5 Å². The van der Waals surface area contributed by atoms with E-state index in [9.17, 15) is 9.59 Å². The molecule has 2 heterocycles. The SMILES string of the molecule is C#CCN1C[C@H](C=C)C2CCCC(C1=O)N2C(=O)OCc1ccccc1. The molecule has 1 aromatic rings. The maximum absolute atomic E-state index is 12.9. The first-order valence-electron chi connectivity index (χ1n) is 8.99. The van der Waals surface area contributed by atoms with Gasteiger partial charge in [-0.25, -0.2) is 4.79 Å². The molecule has 0 aromatic heterocycles. The summed E-state index contributed by atoms with van der Waals surface area (Å²) in [7, 11) is 0. The summed E-state index contributed by atoms with van der Waals surface area (Å²) >= 11 is 0. The van der Waals surface area contributed by atoms with E-state index in [1.54, 1.807) is 9.80 Å². The number of amides is 2. The van der Waals surface area contributed by atoms with E-state index in [1.165, 1.54) is 0 Å². The Hall–Kier alpha value is -2.74. The van der Waals surface area contributed by atoms with Gasteiger partial charge in [0.1, 0.15) is 12.6 Å². The Morgan fingerprint density at radius 2 is 2.12 bits per heavy atom. The van der Waals surface area contributed by atoms with E-state index in [4.69, 9.17) is 11.2 Å². The Bertz CT molecular complexity index is 710. The minimum atomic E-state index is -0.504. The van der Waals surface area contributed by atoms with Crippen LogP contribution in [0, 0.1) is 18.3 Å². The monoisotopic (exact) mass is 352 g/mol. The van der Waals surface area contributed by atoms with Crippen LogP contribution in [0.4, 0.5) is 4.79 Å². The molecular weight excluding hydrogens is 328 g/mol. The number of fused-ring (bicyclic) bond motifs is 2. The first-order chi connectivity index (χ1) is 12.7. The van der Waals surface area contributed by atoms with Crippen molar-refractivity contribution in [1.82, 2.24) is 9.80 Å². The highest BCUT2D eigenvalue weighted by Crippen LogP contribution is 2.33. The summed E-state index contributed by atoms with van der Waals surface area (Å²) in [5, 5.41) is 0. The van der Waals surface area contributed by atoms with Gasteiger partial charge in [-0.05, 0) is 24.8 Å². The largest absolute Gasteiger partial charge is 0.445 e. The summed E-state index contributed by atoms with van der Waals surface area (Å²) in [6.45, 7) is 4.85. The predicted octanol–water partition coefficient (Wildman–Crippen LogP) is 2.82. The average molecular weight is 352 g/mol. The van der Waals surface area contributed by atoms with Crippen LogP contribution in [0.5, 0.6) is 0 Å². The van der Waals surface area contributed by atoms with Crippen LogP contribution in [0.25, 0.3) is 0 Å². The summed E-state index contributed by atoms with van der Waals surface area (Å²) in [6, 6.07) is 8.94. The van der Waals surface area contributed by atoms with Crippen LogP contribution in [0.2, 0.25) is 0 Å². The highest BCUT2D eigenvalue weighted by molar-refractivity contribution is 5.87. The Labute approximate surface area is 154 Å². The van der Waals surface area contributed by atoms with Crippen molar-refractivity contribution in [2.75, 3.05) is 13.1 Å². The number of piperidine rings is 1. The maximum atomic E-state index is 12.9. The van der Waals surface area contributed by atoms with Crippen molar-refractivity contribution >= 4 is 12.0 Å². The summed E-state index contributed by atoms with van der Waals surface area (Å²) in [6.07, 6.45) is 9.19. The molecule has 2 aliphatic rings. The van der Waals surface area contributed by atoms with Gasteiger partial charge in [0.25, 0.3) is 0 Å². The van der Waals surface area contributed by atoms with Crippen molar-refractivity contribution in [3.63, 3.8) is 0 Å². The highest BCUT2D eigenvalue weighted by Gasteiger charge is 2.46. The lowest BCUT2D eigenvalue weighted by Crippen LogP contribution is -2.55. The normalized spacial score (nSPS) is 25.2. The molecule has 2 unspecified atom stereocenters. The zero-order valence-electron chi connectivity index (χ0n) is 14.8. The van der Waals surface area contributed by atoms with Gasteiger partial charge in [-0.1, -0.05) is 42.3 Å². The molecule has 3 atom stereocenters.